The van der Waals surface area contributed by atoms with Crippen LogP contribution < -0.4 is 5.19 Å². The minimum absolute atomic E-state index is 0. The molecule has 0 aliphatic heterocycles. The van der Waals surface area contributed by atoms with E-state index in [4.69, 9.17) is 11.3 Å². The first-order chi connectivity index (χ1) is 24.0. The van der Waals surface area contributed by atoms with E-state index in [1.807, 2.05) is 48.7 Å². The van der Waals surface area contributed by atoms with Crippen molar-refractivity contribution < 1.29 is 31.4 Å². The van der Waals surface area contributed by atoms with Gasteiger partial charge in [0.05, 0.1) is 20.5 Å². The van der Waals surface area contributed by atoms with Crippen molar-refractivity contribution >= 4 is 46.0 Å². The predicted molar refractivity (Wildman–Crippen MR) is 190 cm³/mol. The van der Waals surface area contributed by atoms with Crippen molar-refractivity contribution in [3.8, 4) is 33.6 Å². The van der Waals surface area contributed by atoms with Crippen molar-refractivity contribution in [2.75, 3.05) is 0 Å². The van der Waals surface area contributed by atoms with Crippen LogP contribution in [0.4, 0.5) is 0 Å². The smallest absolute Gasteiger partial charge is 0.121 e. The Morgan fingerprint density at radius 1 is 0.717 bits per heavy atom. The van der Waals surface area contributed by atoms with Gasteiger partial charge in [0.1, 0.15) is 5.58 Å². The van der Waals surface area contributed by atoms with E-state index in [0.717, 1.165) is 33.3 Å². The molecular formula is C41H32IrN2OSi-2. The van der Waals surface area contributed by atoms with Gasteiger partial charge in [-0.15, -0.1) is 47.3 Å². The Hall–Kier alpha value is -4.67. The third-order valence-corrected chi connectivity index (χ3v) is 9.76. The van der Waals surface area contributed by atoms with Crippen molar-refractivity contribution in [1.29, 1.82) is 0 Å². The van der Waals surface area contributed by atoms with Crippen molar-refractivity contribution in [2.45, 2.75) is 19.6 Å². The summed E-state index contributed by atoms with van der Waals surface area (Å²) in [7, 11) is -1.27. The molecule has 0 saturated heterocycles. The molecule has 0 amide bonds. The van der Waals surface area contributed by atoms with Gasteiger partial charge in [0.25, 0.3) is 0 Å². The molecule has 1 radical (unpaired) electrons. The minimum atomic E-state index is -1.27. The normalized spacial score (nSPS) is 12.7. The molecule has 0 saturated carbocycles. The van der Waals surface area contributed by atoms with Gasteiger partial charge in [-0.1, -0.05) is 127 Å². The molecular weight excluding hydrogens is 757 g/mol. The van der Waals surface area contributed by atoms with E-state index in [1.54, 1.807) is 18.3 Å². The number of hydrogen-bond donors (Lipinski definition) is 0. The molecule has 0 aliphatic carbocycles. The Balaban J connectivity index is 0.000000186. The summed E-state index contributed by atoms with van der Waals surface area (Å²) in [5.74, 6) is 0. The van der Waals surface area contributed by atoms with Crippen LogP contribution in [0.25, 0.3) is 66.4 Å². The van der Waals surface area contributed by atoms with E-state index >= 15 is 0 Å². The average Bonchev–Trinajstić information content (AvgIpc) is 3.51. The largest absolute Gasteiger partial charge is 0.501 e. The number of pyridine rings is 2. The molecule has 3 nitrogen and oxygen atoms in total. The molecule has 8 rings (SSSR count). The molecule has 0 bridgehead atoms. The predicted octanol–water partition coefficient (Wildman–Crippen LogP) is 10.4. The van der Waals surface area contributed by atoms with E-state index in [0.29, 0.717) is 16.7 Å². The maximum atomic E-state index is 8.22. The number of rotatable bonds is 4. The summed E-state index contributed by atoms with van der Waals surface area (Å²) in [5, 5.41) is 5.61. The maximum absolute atomic E-state index is 8.22. The quantitative estimate of drug-likeness (QED) is 0.132. The number of hydrogen-bond acceptors (Lipinski definition) is 3. The first-order valence-electron chi connectivity index (χ1n) is 17.2. The summed E-state index contributed by atoms with van der Waals surface area (Å²) in [6, 6.07) is 36.5. The molecule has 0 N–H and O–H groups in total. The minimum Gasteiger partial charge on any atom is -0.501 e. The monoisotopic (exact) mass is 794 g/mol. The summed E-state index contributed by atoms with van der Waals surface area (Å²) >= 11 is 0. The topological polar surface area (TPSA) is 38.9 Å². The van der Waals surface area contributed by atoms with Crippen LogP contribution in [-0.2, 0) is 20.1 Å². The average molecular weight is 794 g/mol. The van der Waals surface area contributed by atoms with Crippen LogP contribution in [0.2, 0.25) is 19.6 Å². The fraction of sp³-hybridized carbons (Fsp3) is 0.0732. The van der Waals surface area contributed by atoms with Crippen molar-refractivity contribution in [3.63, 3.8) is 0 Å². The van der Waals surface area contributed by atoms with E-state index in [2.05, 4.69) is 84.2 Å². The molecule has 0 aliphatic rings. The molecule has 227 valence electrons. The maximum Gasteiger partial charge on any atom is 0.121 e. The van der Waals surface area contributed by atoms with Gasteiger partial charge in [0.15, 0.2) is 0 Å². The summed E-state index contributed by atoms with van der Waals surface area (Å²) < 4.78 is 46.2. The van der Waals surface area contributed by atoms with Crippen LogP contribution in [0.1, 0.15) is 6.85 Å². The molecule has 5 heteroatoms. The van der Waals surface area contributed by atoms with Crippen molar-refractivity contribution in [2.24, 2.45) is 0 Å². The fourth-order valence-electron chi connectivity index (χ4n) is 5.26. The number of fused-ring (bicyclic) bond motifs is 4. The van der Waals surface area contributed by atoms with Crippen LogP contribution in [0.15, 0.2) is 144 Å². The second kappa shape index (κ2) is 13.4. The molecule has 3 aromatic heterocycles. The second-order valence-electron chi connectivity index (χ2n) is 11.8. The van der Waals surface area contributed by atoms with E-state index in [1.165, 1.54) is 16.0 Å². The molecule has 46 heavy (non-hydrogen) atoms. The first kappa shape index (κ1) is 25.5. The van der Waals surface area contributed by atoms with Crippen molar-refractivity contribution in [1.82, 2.24) is 9.97 Å². The van der Waals surface area contributed by atoms with E-state index < -0.39 is 14.1 Å². The molecule has 0 unspecified atom stereocenters. The van der Waals surface area contributed by atoms with Crippen molar-refractivity contribution in [3.05, 3.63) is 152 Å². The van der Waals surface area contributed by atoms with Crippen LogP contribution in [-0.4, -0.2) is 18.0 Å². The van der Waals surface area contributed by atoms with Gasteiger partial charge >= 0.3 is 0 Å². The van der Waals surface area contributed by atoms with Gasteiger partial charge in [0.2, 0.25) is 0 Å². The van der Waals surface area contributed by atoms with Gasteiger partial charge in [-0.25, -0.2) is 0 Å². The number of nitrogens with zero attached hydrogens (tertiary/aromatic N) is 2. The van der Waals surface area contributed by atoms with Gasteiger partial charge in [0, 0.05) is 37.9 Å². The summed E-state index contributed by atoms with van der Waals surface area (Å²) in [6.45, 7) is 7.02. The summed E-state index contributed by atoms with van der Waals surface area (Å²) in [5.41, 5.74) is 5.41. The Labute approximate surface area is 291 Å². The van der Waals surface area contributed by atoms with Gasteiger partial charge in [-0.3, -0.25) is 0 Å². The van der Waals surface area contributed by atoms with Crippen LogP contribution in [0.3, 0.4) is 0 Å². The first-order valence-corrected chi connectivity index (χ1v) is 18.2. The molecule has 0 fully saturated rings. The summed E-state index contributed by atoms with van der Waals surface area (Å²) in [4.78, 5) is 9.01. The second-order valence-corrected chi connectivity index (χ2v) is 16.9. The summed E-state index contributed by atoms with van der Waals surface area (Å²) in [6.07, 6.45) is 3.74. The zero-order valence-electron chi connectivity index (χ0n) is 30.5. The Kier molecular flexibility index (Phi) is 7.41. The SMILES string of the molecule is C[Si](C)(C)c1ccc(-c2[c-]cc3ccccc3c2)nc1.[2H]c1c([2H])c([2H])c(-c2ccc3c(c2)oc2c(-c4ccccn4)[c-]ccc23)c([2H])c1[2H].[Ir]. The van der Waals surface area contributed by atoms with Crippen LogP contribution >= 0.6 is 0 Å². The standard InChI is InChI=1S/C23H14NO.C18H18NSi.Ir/c1-2-7-16(8-3-1)17-12-13-18-19-9-6-10-20(21-11-4-5-14-24-21)23(19)25-22(18)15-17;1-20(2,3)17-10-11-18(19-13-17)16-9-8-14-6-4-5-7-15(14)12-16;/h1-9,11-15H;4-8,10-13H,1-3H3;/q2*-1;/i1D,2D,3D,7D,8D;;. The number of benzene rings is 5. The number of furan rings is 1. The Bertz CT molecular complexity index is 2510. The van der Waals surface area contributed by atoms with Crippen LogP contribution in [0, 0.1) is 12.1 Å². The third kappa shape index (κ3) is 6.49. The van der Waals surface area contributed by atoms with E-state index in [9.17, 15) is 0 Å². The zero-order valence-corrected chi connectivity index (χ0v) is 28.9. The van der Waals surface area contributed by atoms with Gasteiger partial charge in [-0.2, -0.15) is 0 Å². The molecule has 5 aromatic carbocycles. The molecule has 0 atom stereocenters. The van der Waals surface area contributed by atoms with Gasteiger partial charge in [-0.05, 0) is 39.8 Å². The molecule has 0 spiro atoms. The van der Waals surface area contributed by atoms with Gasteiger partial charge < -0.3 is 14.4 Å². The molecule has 3 heterocycles. The zero-order chi connectivity index (χ0) is 35.2. The fourth-order valence-corrected chi connectivity index (χ4v) is 6.30. The molecule has 8 aromatic rings. The Morgan fingerprint density at radius 3 is 2.26 bits per heavy atom. The third-order valence-electron chi connectivity index (χ3n) is 7.73. The van der Waals surface area contributed by atoms with Crippen LogP contribution in [0.5, 0.6) is 0 Å². The Morgan fingerprint density at radius 2 is 1.52 bits per heavy atom. The number of aromatic nitrogens is 2. The van der Waals surface area contributed by atoms with E-state index in [-0.39, 0.29) is 49.8 Å².